The molecule has 0 spiro atoms. The minimum absolute atomic E-state index is 0.386. The van der Waals surface area contributed by atoms with Crippen LogP contribution in [-0.2, 0) is 24.7 Å². The van der Waals surface area contributed by atoms with E-state index < -0.39 is 0 Å². The fourth-order valence-electron chi connectivity index (χ4n) is 9.81. The van der Waals surface area contributed by atoms with E-state index in [1.807, 2.05) is 0 Å². The van der Waals surface area contributed by atoms with Gasteiger partial charge in [-0.3, -0.25) is 0 Å². The van der Waals surface area contributed by atoms with Crippen LogP contribution < -0.4 is 0 Å². The molecule has 0 unspecified atom stereocenters. The predicted octanol–water partition coefficient (Wildman–Crippen LogP) is 5.91. The molecule has 8 aliphatic carbocycles. The normalized spacial score (nSPS) is 52.2. The van der Waals surface area contributed by atoms with Gasteiger partial charge in [0.25, 0.3) is 0 Å². The molecule has 0 aromatic carbocycles. The predicted molar refractivity (Wildman–Crippen MR) is 104 cm³/mol. The SMILES string of the molecule is [Cl][Cu]=[c]1n(C23CC4CC(CC(C4)C2)C3)ccn1C12CC3CC(CC(C3)C1)C2. The van der Waals surface area contributed by atoms with Crippen LogP contribution in [0.5, 0.6) is 0 Å². The summed E-state index contributed by atoms with van der Waals surface area (Å²) in [4.78, 5) is 0. The molecule has 0 radical (unpaired) electrons. The number of rotatable bonds is 2. The van der Waals surface area contributed by atoms with E-state index in [9.17, 15) is 0 Å². The molecule has 1 aromatic heterocycles. The van der Waals surface area contributed by atoms with Crippen LogP contribution in [0.3, 0.4) is 0 Å². The molecule has 8 bridgehead atoms. The van der Waals surface area contributed by atoms with Crippen LogP contribution in [-0.4, -0.2) is 9.13 Å². The van der Waals surface area contributed by atoms with Crippen LogP contribution in [0.15, 0.2) is 12.4 Å². The Morgan fingerprint density at radius 2 is 0.926 bits per heavy atom. The zero-order valence-electron chi connectivity index (χ0n) is 16.2. The number of imidazole rings is 1. The summed E-state index contributed by atoms with van der Waals surface area (Å²) >= 11 is 1.63. The van der Waals surface area contributed by atoms with E-state index in [0.29, 0.717) is 11.1 Å². The molecular formula is C23H32ClCuN2. The molecule has 0 aliphatic heterocycles. The van der Waals surface area contributed by atoms with Gasteiger partial charge in [-0.15, -0.1) is 0 Å². The van der Waals surface area contributed by atoms with Crippen LogP contribution in [0.1, 0.15) is 77.0 Å². The number of halogens is 1. The Bertz CT molecular complexity index is 714. The van der Waals surface area contributed by atoms with E-state index >= 15 is 0 Å². The molecule has 0 atom stereocenters. The van der Waals surface area contributed by atoms with E-state index in [4.69, 9.17) is 10.1 Å². The third kappa shape index (κ3) is 2.29. The van der Waals surface area contributed by atoms with Crippen LogP contribution in [0.2, 0.25) is 0 Å². The average Bonchev–Trinajstić information content (AvgIpc) is 3.05. The van der Waals surface area contributed by atoms with Crippen molar-refractivity contribution in [3.05, 3.63) is 16.7 Å². The molecule has 0 amide bonds. The van der Waals surface area contributed by atoms with Gasteiger partial charge in [0.15, 0.2) is 0 Å². The first kappa shape index (κ1) is 16.8. The molecule has 8 saturated carbocycles. The Hall–Kier alpha value is 0.0195. The van der Waals surface area contributed by atoms with Gasteiger partial charge in [-0.2, -0.15) is 0 Å². The van der Waals surface area contributed by atoms with Gasteiger partial charge in [-0.25, -0.2) is 0 Å². The van der Waals surface area contributed by atoms with E-state index in [0.717, 1.165) is 35.5 Å². The maximum atomic E-state index is 6.62. The average molecular weight is 436 g/mol. The van der Waals surface area contributed by atoms with Crippen molar-refractivity contribution >= 4 is 10.1 Å². The molecule has 4 heteroatoms. The molecule has 152 valence electrons. The quantitative estimate of drug-likeness (QED) is 0.511. The Balaban J connectivity index is 1.34. The van der Waals surface area contributed by atoms with Crippen molar-refractivity contribution in [2.75, 3.05) is 0 Å². The van der Waals surface area contributed by atoms with Crippen molar-refractivity contribution in [3.63, 3.8) is 0 Å². The second kappa shape index (κ2) is 5.58. The summed E-state index contributed by atoms with van der Waals surface area (Å²) in [6.07, 6.45) is 22.5. The zero-order chi connectivity index (χ0) is 17.8. The molecule has 2 nitrogen and oxygen atoms in total. The van der Waals surface area contributed by atoms with Gasteiger partial charge < -0.3 is 0 Å². The van der Waals surface area contributed by atoms with Gasteiger partial charge in [0.05, 0.1) is 0 Å². The topological polar surface area (TPSA) is 9.86 Å². The van der Waals surface area contributed by atoms with Crippen molar-refractivity contribution in [1.82, 2.24) is 9.13 Å². The zero-order valence-corrected chi connectivity index (χ0v) is 17.9. The number of aromatic nitrogens is 2. The van der Waals surface area contributed by atoms with Gasteiger partial charge in [-0.05, 0) is 0 Å². The summed E-state index contributed by atoms with van der Waals surface area (Å²) < 4.78 is 6.76. The Labute approximate surface area is 173 Å². The third-order valence-electron chi connectivity index (χ3n) is 9.81. The van der Waals surface area contributed by atoms with Crippen molar-refractivity contribution in [2.24, 2.45) is 35.5 Å². The van der Waals surface area contributed by atoms with Crippen molar-refractivity contribution in [3.8, 4) is 0 Å². The third-order valence-corrected chi connectivity index (χ3v) is 10.8. The summed E-state index contributed by atoms with van der Waals surface area (Å²) in [6.45, 7) is 0. The molecule has 8 fully saturated rings. The second-order valence-electron chi connectivity index (χ2n) is 11.6. The minimum atomic E-state index is 0.386. The maximum absolute atomic E-state index is 6.62. The molecule has 0 saturated heterocycles. The first-order chi connectivity index (χ1) is 13.1. The van der Waals surface area contributed by atoms with Crippen LogP contribution in [0.25, 0.3) is 0 Å². The molecule has 1 heterocycles. The number of hydrogen-bond acceptors (Lipinski definition) is 0. The second-order valence-corrected chi connectivity index (χ2v) is 12.7. The van der Waals surface area contributed by atoms with Gasteiger partial charge in [0, 0.05) is 0 Å². The van der Waals surface area contributed by atoms with Gasteiger partial charge in [-0.1, -0.05) is 0 Å². The Kier molecular flexibility index (Phi) is 3.47. The first-order valence-corrected chi connectivity index (χ1v) is 13.2. The first-order valence-electron chi connectivity index (χ1n) is 11.5. The molecular weight excluding hydrogens is 403 g/mol. The van der Waals surface area contributed by atoms with Gasteiger partial charge >= 0.3 is 173 Å². The van der Waals surface area contributed by atoms with E-state index in [2.05, 4.69) is 21.5 Å². The van der Waals surface area contributed by atoms with Gasteiger partial charge in [0.2, 0.25) is 0 Å². The molecule has 1 aromatic rings. The monoisotopic (exact) mass is 434 g/mol. The van der Waals surface area contributed by atoms with Crippen molar-refractivity contribution in [2.45, 2.75) is 88.1 Å². The standard InChI is InChI=1S/C23H32N2.ClH.Cu/c1-2-25(23-12-19-6-20(13-23)8-21(7-19)14-23)15-24(1)22-9-16-3-17(10-22)5-18(4-16)11-22;;/h1-2,16-21H,3-14H2;1H;/q;;+1/p-1. The fourth-order valence-corrected chi connectivity index (χ4v) is 11.0. The van der Waals surface area contributed by atoms with E-state index in [-0.39, 0.29) is 0 Å². The van der Waals surface area contributed by atoms with E-state index in [1.165, 1.54) is 81.4 Å². The van der Waals surface area contributed by atoms with E-state index in [1.54, 1.807) is 13.6 Å². The Morgan fingerprint density at radius 1 is 0.630 bits per heavy atom. The summed E-state index contributed by atoms with van der Waals surface area (Å²) in [5.74, 6) is 5.91. The van der Waals surface area contributed by atoms with Crippen molar-refractivity contribution in [1.29, 1.82) is 0 Å². The summed E-state index contributed by atoms with van der Waals surface area (Å²) in [5.41, 5.74) is 0.772. The molecule has 27 heavy (non-hydrogen) atoms. The van der Waals surface area contributed by atoms with Crippen molar-refractivity contribution < 1.29 is 13.6 Å². The summed E-state index contributed by atoms with van der Waals surface area (Å²) in [6, 6.07) is 0. The Morgan fingerprint density at radius 3 is 1.19 bits per heavy atom. The summed E-state index contributed by atoms with van der Waals surface area (Å²) in [5, 5.41) is 0. The molecule has 9 rings (SSSR count). The summed E-state index contributed by atoms with van der Waals surface area (Å²) in [7, 11) is 6.62. The number of hydrogen-bond donors (Lipinski definition) is 0. The number of nitrogens with zero attached hydrogens (tertiary/aromatic N) is 2. The molecule has 8 aliphatic rings. The van der Waals surface area contributed by atoms with Crippen LogP contribution >= 0.6 is 10.1 Å². The van der Waals surface area contributed by atoms with Crippen LogP contribution in [0.4, 0.5) is 0 Å². The molecule has 0 N–H and O–H groups in total. The fraction of sp³-hybridized carbons (Fsp3) is 0.870. The van der Waals surface area contributed by atoms with Crippen LogP contribution in [0, 0.1) is 39.8 Å². The van der Waals surface area contributed by atoms with Gasteiger partial charge in [0.1, 0.15) is 0 Å².